The highest BCUT2D eigenvalue weighted by molar-refractivity contribution is 7.89. The molecular formula is C13H23ClN2O4S. The molecule has 2 fully saturated rings. The normalized spacial score (nSPS) is 26.0. The molecule has 122 valence electrons. The monoisotopic (exact) mass is 338 g/mol. The molecule has 6 nitrogen and oxygen atoms in total. The molecule has 2 unspecified atom stereocenters. The molecule has 2 heterocycles. The van der Waals surface area contributed by atoms with Crippen LogP contribution in [0.15, 0.2) is 0 Å². The van der Waals surface area contributed by atoms with E-state index in [1.54, 1.807) is 11.8 Å². The molecule has 0 N–H and O–H groups in total. The van der Waals surface area contributed by atoms with Crippen LogP contribution in [-0.4, -0.2) is 74.1 Å². The first-order valence-corrected chi connectivity index (χ1v) is 9.52. The Balaban J connectivity index is 2.07. The molecule has 0 aromatic carbocycles. The summed E-state index contributed by atoms with van der Waals surface area (Å²) in [6, 6.07) is -0.546. The summed E-state index contributed by atoms with van der Waals surface area (Å²) < 4.78 is 31.6. The van der Waals surface area contributed by atoms with Crippen molar-refractivity contribution < 1.29 is 17.9 Å². The van der Waals surface area contributed by atoms with E-state index in [0.717, 1.165) is 6.42 Å². The van der Waals surface area contributed by atoms with Gasteiger partial charge < -0.3 is 9.64 Å². The number of hydrogen-bond acceptors (Lipinski definition) is 4. The third kappa shape index (κ3) is 4.09. The van der Waals surface area contributed by atoms with Gasteiger partial charge in [0.1, 0.15) is 6.04 Å². The van der Waals surface area contributed by atoms with E-state index in [-0.39, 0.29) is 17.6 Å². The SMILES string of the molecule is CC(CCl)CS(=O)(=O)N1CCCC1C(=O)N1CCOCC1. The molecule has 2 aliphatic rings. The zero-order valence-electron chi connectivity index (χ0n) is 12.3. The first-order chi connectivity index (χ1) is 9.95. The Labute approximate surface area is 131 Å². The number of alkyl halides is 1. The molecule has 1 amide bonds. The number of carbonyl (C=O) groups excluding carboxylic acids is 1. The number of amides is 1. The fourth-order valence-corrected chi connectivity index (χ4v) is 5.07. The van der Waals surface area contributed by atoms with Crippen LogP contribution in [-0.2, 0) is 19.6 Å². The van der Waals surface area contributed by atoms with Gasteiger partial charge in [0, 0.05) is 25.5 Å². The van der Waals surface area contributed by atoms with Gasteiger partial charge >= 0.3 is 0 Å². The summed E-state index contributed by atoms with van der Waals surface area (Å²) in [5, 5.41) is 0. The van der Waals surface area contributed by atoms with Gasteiger partial charge in [-0.15, -0.1) is 11.6 Å². The molecule has 0 bridgehead atoms. The summed E-state index contributed by atoms with van der Waals surface area (Å²) in [6.07, 6.45) is 1.33. The number of halogens is 1. The molecule has 8 heteroatoms. The molecule has 2 atom stereocenters. The molecule has 2 aliphatic heterocycles. The summed E-state index contributed by atoms with van der Waals surface area (Å²) in [7, 11) is -3.43. The van der Waals surface area contributed by atoms with Crippen molar-refractivity contribution in [2.75, 3.05) is 44.5 Å². The number of ether oxygens (including phenoxy) is 1. The number of rotatable bonds is 5. The quantitative estimate of drug-likeness (QED) is 0.685. The van der Waals surface area contributed by atoms with Crippen molar-refractivity contribution in [3.8, 4) is 0 Å². The van der Waals surface area contributed by atoms with Gasteiger partial charge in [0.05, 0.1) is 19.0 Å². The van der Waals surface area contributed by atoms with Crippen molar-refractivity contribution in [2.45, 2.75) is 25.8 Å². The van der Waals surface area contributed by atoms with Gasteiger partial charge in [0.2, 0.25) is 15.9 Å². The maximum Gasteiger partial charge on any atom is 0.241 e. The second kappa shape index (κ2) is 7.26. The largest absolute Gasteiger partial charge is 0.378 e. The molecule has 0 spiro atoms. The predicted molar refractivity (Wildman–Crippen MR) is 80.8 cm³/mol. The molecule has 21 heavy (non-hydrogen) atoms. The minimum atomic E-state index is -3.43. The van der Waals surface area contributed by atoms with Gasteiger partial charge in [-0.05, 0) is 18.8 Å². The lowest BCUT2D eigenvalue weighted by atomic mass is 10.2. The van der Waals surface area contributed by atoms with Crippen molar-refractivity contribution in [1.82, 2.24) is 9.21 Å². The lowest BCUT2D eigenvalue weighted by Gasteiger charge is -2.32. The van der Waals surface area contributed by atoms with Crippen LogP contribution < -0.4 is 0 Å². The van der Waals surface area contributed by atoms with Crippen LogP contribution in [0.5, 0.6) is 0 Å². The number of morpholine rings is 1. The average Bonchev–Trinajstić information content (AvgIpc) is 2.97. The second-order valence-corrected chi connectivity index (χ2v) is 8.02. The maximum absolute atomic E-state index is 12.6. The Morgan fingerprint density at radius 2 is 2.00 bits per heavy atom. The van der Waals surface area contributed by atoms with Crippen LogP contribution in [0.25, 0.3) is 0 Å². The standard InChI is InChI=1S/C13H23ClN2O4S/c1-11(9-14)10-21(18,19)16-4-2-3-12(16)13(17)15-5-7-20-8-6-15/h11-12H,2-10H2,1H3. The van der Waals surface area contributed by atoms with Gasteiger partial charge in [-0.3, -0.25) is 4.79 Å². The van der Waals surface area contributed by atoms with E-state index in [1.807, 2.05) is 0 Å². The molecule has 2 rings (SSSR count). The predicted octanol–water partition coefficient (Wildman–Crippen LogP) is 0.514. The molecule has 0 saturated carbocycles. The van der Waals surface area contributed by atoms with Gasteiger partial charge in [-0.25, -0.2) is 8.42 Å². The number of hydrogen-bond donors (Lipinski definition) is 0. The van der Waals surface area contributed by atoms with Crippen molar-refractivity contribution >= 4 is 27.5 Å². The summed E-state index contributed by atoms with van der Waals surface area (Å²) in [4.78, 5) is 14.3. The Morgan fingerprint density at radius 3 is 2.62 bits per heavy atom. The van der Waals surface area contributed by atoms with E-state index < -0.39 is 16.1 Å². The summed E-state index contributed by atoms with van der Waals surface area (Å²) in [5.41, 5.74) is 0. The highest BCUT2D eigenvalue weighted by Crippen LogP contribution is 2.24. The third-order valence-corrected chi connectivity index (χ3v) is 6.60. The molecule has 0 aliphatic carbocycles. The zero-order valence-corrected chi connectivity index (χ0v) is 13.9. The molecule has 0 radical (unpaired) electrons. The highest BCUT2D eigenvalue weighted by atomic mass is 35.5. The molecule has 0 aromatic heterocycles. The van der Waals surface area contributed by atoms with Crippen LogP contribution in [0.3, 0.4) is 0 Å². The average molecular weight is 339 g/mol. The fraction of sp³-hybridized carbons (Fsp3) is 0.923. The third-order valence-electron chi connectivity index (χ3n) is 3.93. The summed E-state index contributed by atoms with van der Waals surface area (Å²) in [6.45, 7) is 4.36. The molecular weight excluding hydrogens is 316 g/mol. The lowest BCUT2D eigenvalue weighted by Crippen LogP contribution is -2.51. The Morgan fingerprint density at radius 1 is 1.33 bits per heavy atom. The summed E-state index contributed by atoms with van der Waals surface area (Å²) >= 11 is 5.71. The fourth-order valence-electron chi connectivity index (χ4n) is 2.81. The molecule has 0 aromatic rings. The van der Waals surface area contributed by atoms with E-state index in [2.05, 4.69) is 0 Å². The van der Waals surface area contributed by atoms with Gasteiger partial charge in [0.15, 0.2) is 0 Å². The zero-order chi connectivity index (χ0) is 15.5. The van der Waals surface area contributed by atoms with Crippen molar-refractivity contribution in [3.63, 3.8) is 0 Å². The second-order valence-electron chi connectivity index (χ2n) is 5.74. The van der Waals surface area contributed by atoms with Crippen molar-refractivity contribution in [2.24, 2.45) is 5.92 Å². The Kier molecular flexibility index (Phi) is 5.88. The Bertz CT molecular complexity index is 465. The van der Waals surface area contributed by atoms with Crippen LogP contribution >= 0.6 is 11.6 Å². The van der Waals surface area contributed by atoms with Gasteiger partial charge in [0.25, 0.3) is 0 Å². The minimum absolute atomic E-state index is 0.00336. The van der Waals surface area contributed by atoms with E-state index in [0.29, 0.717) is 45.1 Å². The highest BCUT2D eigenvalue weighted by Gasteiger charge is 2.40. The molecule has 2 saturated heterocycles. The van der Waals surface area contributed by atoms with Gasteiger partial charge in [-0.2, -0.15) is 4.31 Å². The number of nitrogens with zero attached hydrogens (tertiary/aromatic N) is 2. The van der Waals surface area contributed by atoms with Gasteiger partial charge in [-0.1, -0.05) is 6.92 Å². The van der Waals surface area contributed by atoms with Crippen LogP contribution in [0, 0.1) is 5.92 Å². The van der Waals surface area contributed by atoms with Crippen LogP contribution in [0.2, 0.25) is 0 Å². The summed E-state index contributed by atoms with van der Waals surface area (Å²) in [5.74, 6) is 0.104. The van der Waals surface area contributed by atoms with Crippen molar-refractivity contribution in [3.05, 3.63) is 0 Å². The minimum Gasteiger partial charge on any atom is -0.378 e. The first-order valence-electron chi connectivity index (χ1n) is 7.37. The topological polar surface area (TPSA) is 66.9 Å². The Hall–Kier alpha value is -0.370. The smallest absolute Gasteiger partial charge is 0.241 e. The van der Waals surface area contributed by atoms with Crippen LogP contribution in [0.4, 0.5) is 0 Å². The van der Waals surface area contributed by atoms with Crippen LogP contribution in [0.1, 0.15) is 19.8 Å². The number of sulfonamides is 1. The van der Waals surface area contributed by atoms with E-state index >= 15 is 0 Å². The lowest BCUT2D eigenvalue weighted by molar-refractivity contribution is -0.138. The van der Waals surface area contributed by atoms with Crippen molar-refractivity contribution in [1.29, 1.82) is 0 Å². The number of carbonyl (C=O) groups is 1. The van der Waals surface area contributed by atoms with E-state index in [9.17, 15) is 13.2 Å². The maximum atomic E-state index is 12.6. The van der Waals surface area contributed by atoms with E-state index in [1.165, 1.54) is 4.31 Å². The van der Waals surface area contributed by atoms with E-state index in [4.69, 9.17) is 16.3 Å². The first kappa shape index (κ1) is 17.0.